The Hall–Kier alpha value is -0.740. The first-order valence-corrected chi connectivity index (χ1v) is 6.70. The van der Waals surface area contributed by atoms with Crippen molar-refractivity contribution in [2.45, 2.75) is 6.92 Å². The van der Waals surface area contributed by atoms with Crippen LogP contribution < -0.4 is 0 Å². The van der Waals surface area contributed by atoms with E-state index in [1.807, 2.05) is 24.3 Å². The van der Waals surface area contributed by atoms with Gasteiger partial charge in [0.25, 0.3) is 0 Å². The van der Waals surface area contributed by atoms with E-state index in [9.17, 15) is 9.90 Å². The second kappa shape index (κ2) is 4.63. The van der Waals surface area contributed by atoms with E-state index in [2.05, 4.69) is 15.9 Å². The van der Waals surface area contributed by atoms with E-state index in [1.54, 1.807) is 0 Å². The molecule has 0 fully saturated rings. The molecule has 1 aliphatic heterocycles. The minimum absolute atomic E-state index is 0.0251. The molecule has 1 unspecified atom stereocenters. The SMILES string of the molecule is CC(=O)C1CSC(c2ccc(Br)cc2)=C1O. The van der Waals surface area contributed by atoms with Crippen LogP contribution in [0.5, 0.6) is 0 Å². The predicted molar refractivity (Wildman–Crippen MR) is 70.3 cm³/mol. The third-order valence-electron chi connectivity index (χ3n) is 2.55. The van der Waals surface area contributed by atoms with Crippen molar-refractivity contribution in [2.24, 2.45) is 5.92 Å². The lowest BCUT2D eigenvalue weighted by atomic mass is 10.0. The summed E-state index contributed by atoms with van der Waals surface area (Å²) in [6.07, 6.45) is 0. The Labute approximate surface area is 107 Å². The molecule has 0 spiro atoms. The average Bonchev–Trinajstić information content (AvgIpc) is 2.61. The monoisotopic (exact) mass is 298 g/mol. The number of thioether (sulfide) groups is 1. The topological polar surface area (TPSA) is 37.3 Å². The molecule has 0 aromatic heterocycles. The molecule has 1 aromatic carbocycles. The zero-order valence-corrected chi connectivity index (χ0v) is 11.1. The van der Waals surface area contributed by atoms with Crippen LogP contribution in [0.15, 0.2) is 34.5 Å². The van der Waals surface area contributed by atoms with Crippen LogP contribution in [0.4, 0.5) is 0 Å². The maximum atomic E-state index is 11.3. The number of halogens is 1. The third-order valence-corrected chi connectivity index (χ3v) is 4.32. The molecule has 4 heteroatoms. The fraction of sp³-hybridized carbons (Fsp3) is 0.250. The molecule has 1 aliphatic rings. The van der Waals surface area contributed by atoms with Gasteiger partial charge in [0.15, 0.2) is 0 Å². The Morgan fingerprint density at radius 3 is 2.56 bits per heavy atom. The fourth-order valence-corrected chi connectivity index (χ4v) is 3.20. The summed E-state index contributed by atoms with van der Waals surface area (Å²) in [5.41, 5.74) is 0.967. The molecular formula is C12H11BrO2S. The van der Waals surface area contributed by atoms with Gasteiger partial charge in [0.05, 0.1) is 10.8 Å². The lowest BCUT2D eigenvalue weighted by molar-refractivity contribution is -0.119. The van der Waals surface area contributed by atoms with Crippen molar-refractivity contribution in [2.75, 3.05) is 5.75 Å². The minimum Gasteiger partial charge on any atom is -0.510 e. The molecule has 1 aromatic rings. The summed E-state index contributed by atoms with van der Waals surface area (Å²) in [6.45, 7) is 1.52. The van der Waals surface area contributed by atoms with Crippen LogP contribution in [0.2, 0.25) is 0 Å². The van der Waals surface area contributed by atoms with Gasteiger partial charge in [-0.15, -0.1) is 11.8 Å². The van der Waals surface area contributed by atoms with Gasteiger partial charge in [-0.25, -0.2) is 0 Å². The molecule has 0 amide bonds. The van der Waals surface area contributed by atoms with Gasteiger partial charge in [-0.05, 0) is 24.6 Å². The summed E-state index contributed by atoms with van der Waals surface area (Å²) in [5.74, 6) is 0.563. The number of hydrogen-bond donors (Lipinski definition) is 1. The molecule has 1 atom stereocenters. The maximum absolute atomic E-state index is 11.3. The molecule has 1 heterocycles. The van der Waals surface area contributed by atoms with Crippen LogP contribution in [-0.2, 0) is 4.79 Å². The highest BCUT2D eigenvalue weighted by Crippen LogP contribution is 2.41. The van der Waals surface area contributed by atoms with Crippen LogP contribution >= 0.6 is 27.7 Å². The highest BCUT2D eigenvalue weighted by molar-refractivity contribution is 9.10. The Bertz CT molecular complexity index is 451. The second-order valence-corrected chi connectivity index (χ2v) is 5.64. The zero-order chi connectivity index (χ0) is 11.7. The normalized spacial score (nSPS) is 20.2. The number of aliphatic hydroxyl groups excluding tert-OH is 1. The first kappa shape index (κ1) is 11.7. The average molecular weight is 299 g/mol. The number of ketones is 1. The molecule has 0 bridgehead atoms. The van der Waals surface area contributed by atoms with E-state index in [1.165, 1.54) is 18.7 Å². The summed E-state index contributed by atoms with van der Waals surface area (Å²) in [6, 6.07) is 7.73. The molecule has 2 nitrogen and oxygen atoms in total. The number of allylic oxidation sites excluding steroid dienone is 1. The predicted octanol–water partition coefficient (Wildman–Crippen LogP) is 3.63. The number of aliphatic hydroxyl groups is 1. The maximum Gasteiger partial charge on any atom is 0.141 e. The molecule has 84 valence electrons. The largest absolute Gasteiger partial charge is 0.510 e. The van der Waals surface area contributed by atoms with Gasteiger partial charge in [0.2, 0.25) is 0 Å². The lowest BCUT2D eigenvalue weighted by Gasteiger charge is -2.04. The van der Waals surface area contributed by atoms with E-state index in [4.69, 9.17) is 0 Å². The quantitative estimate of drug-likeness (QED) is 0.906. The van der Waals surface area contributed by atoms with Gasteiger partial charge >= 0.3 is 0 Å². The Balaban J connectivity index is 2.35. The van der Waals surface area contributed by atoms with E-state index >= 15 is 0 Å². The molecule has 1 N–H and O–H groups in total. The Kier molecular flexibility index (Phi) is 3.40. The summed E-state index contributed by atoms with van der Waals surface area (Å²) < 4.78 is 1.00. The smallest absolute Gasteiger partial charge is 0.141 e. The van der Waals surface area contributed by atoms with Gasteiger partial charge in [-0.3, -0.25) is 4.79 Å². The summed E-state index contributed by atoms with van der Waals surface area (Å²) in [5, 5.41) is 9.97. The molecule has 2 rings (SSSR count). The minimum atomic E-state index is -0.330. The highest BCUT2D eigenvalue weighted by Gasteiger charge is 2.30. The van der Waals surface area contributed by atoms with Gasteiger partial charge in [-0.2, -0.15) is 0 Å². The van der Waals surface area contributed by atoms with Crippen molar-refractivity contribution in [3.8, 4) is 0 Å². The van der Waals surface area contributed by atoms with Crippen LogP contribution in [0.3, 0.4) is 0 Å². The molecule has 16 heavy (non-hydrogen) atoms. The number of benzene rings is 1. The van der Waals surface area contributed by atoms with E-state index < -0.39 is 0 Å². The summed E-state index contributed by atoms with van der Waals surface area (Å²) in [4.78, 5) is 12.1. The first-order chi connectivity index (χ1) is 7.59. The molecular weight excluding hydrogens is 288 g/mol. The number of carbonyl (C=O) groups is 1. The molecule has 0 radical (unpaired) electrons. The Morgan fingerprint density at radius 1 is 1.44 bits per heavy atom. The number of rotatable bonds is 2. The third kappa shape index (κ3) is 2.18. The fourth-order valence-electron chi connectivity index (χ4n) is 1.62. The highest BCUT2D eigenvalue weighted by atomic mass is 79.9. The zero-order valence-electron chi connectivity index (χ0n) is 8.74. The molecule has 0 saturated heterocycles. The van der Waals surface area contributed by atoms with Gasteiger partial charge in [0.1, 0.15) is 11.5 Å². The van der Waals surface area contributed by atoms with E-state index in [0.29, 0.717) is 5.75 Å². The van der Waals surface area contributed by atoms with Crippen molar-refractivity contribution in [1.29, 1.82) is 0 Å². The van der Waals surface area contributed by atoms with Crippen molar-refractivity contribution in [1.82, 2.24) is 0 Å². The van der Waals surface area contributed by atoms with Gasteiger partial charge in [-0.1, -0.05) is 28.1 Å². The summed E-state index contributed by atoms with van der Waals surface area (Å²) >= 11 is 4.90. The van der Waals surface area contributed by atoms with E-state index in [0.717, 1.165) is 14.9 Å². The van der Waals surface area contributed by atoms with Crippen LogP contribution in [0.25, 0.3) is 4.91 Å². The lowest BCUT2D eigenvalue weighted by Crippen LogP contribution is -2.12. The Morgan fingerprint density at radius 2 is 2.06 bits per heavy atom. The number of hydrogen-bond acceptors (Lipinski definition) is 3. The molecule has 0 aliphatic carbocycles. The number of carbonyl (C=O) groups excluding carboxylic acids is 1. The van der Waals surface area contributed by atoms with Crippen molar-refractivity contribution < 1.29 is 9.90 Å². The van der Waals surface area contributed by atoms with Crippen LogP contribution in [0.1, 0.15) is 12.5 Å². The van der Waals surface area contributed by atoms with Crippen LogP contribution in [0, 0.1) is 5.92 Å². The summed E-state index contributed by atoms with van der Waals surface area (Å²) in [7, 11) is 0. The first-order valence-electron chi connectivity index (χ1n) is 4.92. The van der Waals surface area contributed by atoms with Crippen molar-refractivity contribution in [3.05, 3.63) is 40.1 Å². The standard InChI is InChI=1S/C12H11BrO2S/c1-7(14)10-6-16-12(11(10)15)8-2-4-9(13)5-3-8/h2-5,10,15H,6H2,1H3. The molecule has 0 saturated carbocycles. The van der Waals surface area contributed by atoms with E-state index in [-0.39, 0.29) is 17.5 Å². The van der Waals surface area contributed by atoms with Gasteiger partial charge < -0.3 is 5.11 Å². The van der Waals surface area contributed by atoms with Crippen LogP contribution in [-0.4, -0.2) is 16.6 Å². The number of Topliss-reactive ketones (excluding diaryl/α,β-unsaturated/α-hetero) is 1. The second-order valence-electron chi connectivity index (χ2n) is 3.70. The van der Waals surface area contributed by atoms with Gasteiger partial charge in [0, 0.05) is 10.2 Å². The van der Waals surface area contributed by atoms with Crippen molar-refractivity contribution in [3.63, 3.8) is 0 Å². The van der Waals surface area contributed by atoms with Crippen molar-refractivity contribution >= 4 is 38.4 Å².